The van der Waals surface area contributed by atoms with Crippen molar-refractivity contribution in [2.45, 2.75) is 45.5 Å². The van der Waals surface area contributed by atoms with Crippen LogP contribution in [0.25, 0.3) is 16.6 Å². The molecule has 0 aliphatic heterocycles. The van der Waals surface area contributed by atoms with Gasteiger partial charge in [0.1, 0.15) is 0 Å². The number of hydrogen-bond donors (Lipinski definition) is 0. The van der Waals surface area contributed by atoms with E-state index in [9.17, 15) is 8.78 Å². The highest BCUT2D eigenvalue weighted by Crippen LogP contribution is 2.39. The van der Waals surface area contributed by atoms with Crippen LogP contribution in [0.1, 0.15) is 42.1 Å². The van der Waals surface area contributed by atoms with Gasteiger partial charge in [-0.15, -0.1) is 0 Å². The molecule has 0 saturated heterocycles. The molecule has 0 amide bonds. The lowest BCUT2D eigenvalue weighted by molar-refractivity contribution is 0.0174. The van der Waals surface area contributed by atoms with Crippen LogP contribution in [0.2, 0.25) is 0 Å². The first-order valence-corrected chi connectivity index (χ1v) is 8.57. The van der Waals surface area contributed by atoms with Crippen molar-refractivity contribution in [1.29, 1.82) is 0 Å². The van der Waals surface area contributed by atoms with Gasteiger partial charge in [-0.2, -0.15) is 0 Å². The average Bonchev–Trinajstić information content (AvgIpc) is 2.89. The molecule has 0 N–H and O–H groups in total. The van der Waals surface area contributed by atoms with Crippen molar-refractivity contribution in [3.63, 3.8) is 0 Å². The van der Waals surface area contributed by atoms with Crippen molar-refractivity contribution in [2.75, 3.05) is 0 Å². The lowest BCUT2D eigenvalue weighted by atomic mass is 9.95. The number of hydrogen-bond acceptors (Lipinski definition) is 0. The molecule has 0 spiro atoms. The van der Waals surface area contributed by atoms with Gasteiger partial charge in [0, 0.05) is 23.6 Å². The van der Waals surface area contributed by atoms with Gasteiger partial charge in [0.2, 0.25) is 0 Å². The molecule has 3 heteroatoms. The van der Waals surface area contributed by atoms with E-state index in [1.165, 1.54) is 23.1 Å². The zero-order valence-corrected chi connectivity index (χ0v) is 14.1. The minimum Gasteiger partial charge on any atom is -0.313 e. The third-order valence-corrected chi connectivity index (χ3v) is 5.04. The van der Waals surface area contributed by atoms with Gasteiger partial charge in [-0.1, -0.05) is 29.8 Å². The Morgan fingerprint density at radius 3 is 2.54 bits per heavy atom. The Morgan fingerprint density at radius 2 is 1.75 bits per heavy atom. The van der Waals surface area contributed by atoms with E-state index in [1.807, 2.05) is 37.3 Å². The number of fused-ring (bicyclic) bond motifs is 3. The number of nitrogens with zero attached hydrogens (tertiary/aromatic N) is 1. The molecule has 0 bridgehead atoms. The molecule has 2 aromatic carbocycles. The van der Waals surface area contributed by atoms with Crippen LogP contribution in [-0.2, 0) is 18.8 Å². The molecule has 124 valence electrons. The van der Waals surface area contributed by atoms with Gasteiger partial charge in [0.05, 0.1) is 11.2 Å². The van der Waals surface area contributed by atoms with Gasteiger partial charge < -0.3 is 4.57 Å². The topological polar surface area (TPSA) is 4.93 Å². The van der Waals surface area contributed by atoms with E-state index in [-0.39, 0.29) is 5.56 Å². The van der Waals surface area contributed by atoms with Crippen LogP contribution in [0.15, 0.2) is 42.5 Å². The zero-order valence-electron chi connectivity index (χ0n) is 14.1. The van der Waals surface area contributed by atoms with E-state index in [4.69, 9.17) is 0 Å². The summed E-state index contributed by atoms with van der Waals surface area (Å²) in [6.07, 6.45) is 4.28. The van der Waals surface area contributed by atoms with Crippen LogP contribution in [0, 0.1) is 6.92 Å². The van der Waals surface area contributed by atoms with Crippen LogP contribution in [0.4, 0.5) is 8.78 Å². The van der Waals surface area contributed by atoms with Gasteiger partial charge in [-0.05, 0) is 56.4 Å². The van der Waals surface area contributed by atoms with E-state index in [2.05, 4.69) is 10.6 Å². The highest BCUT2D eigenvalue weighted by molar-refractivity contribution is 5.88. The van der Waals surface area contributed by atoms with E-state index in [0.29, 0.717) is 5.69 Å². The monoisotopic (exact) mass is 325 g/mol. The maximum atomic E-state index is 14.3. The molecule has 0 radical (unpaired) electrons. The Hall–Kier alpha value is -2.16. The van der Waals surface area contributed by atoms with E-state index < -0.39 is 5.92 Å². The number of halogens is 2. The van der Waals surface area contributed by atoms with Gasteiger partial charge >= 0.3 is 0 Å². The Labute approximate surface area is 140 Å². The minimum atomic E-state index is -2.87. The Morgan fingerprint density at radius 1 is 1.00 bits per heavy atom. The average molecular weight is 325 g/mol. The van der Waals surface area contributed by atoms with Gasteiger partial charge in [-0.25, -0.2) is 8.78 Å². The second-order valence-corrected chi connectivity index (χ2v) is 6.89. The van der Waals surface area contributed by atoms with Gasteiger partial charge in [0.15, 0.2) is 0 Å². The summed E-state index contributed by atoms with van der Waals surface area (Å²) in [6, 6.07) is 13.6. The fourth-order valence-corrected chi connectivity index (χ4v) is 3.97. The summed E-state index contributed by atoms with van der Waals surface area (Å²) >= 11 is 0. The maximum Gasteiger partial charge on any atom is 0.272 e. The normalized spacial score (nSPS) is 14.8. The van der Waals surface area contributed by atoms with Crippen LogP contribution < -0.4 is 0 Å². The number of para-hydroxylation sites is 1. The van der Waals surface area contributed by atoms with E-state index in [0.717, 1.165) is 37.3 Å². The largest absolute Gasteiger partial charge is 0.313 e. The van der Waals surface area contributed by atoms with Crippen molar-refractivity contribution in [3.8, 4) is 5.69 Å². The first-order valence-electron chi connectivity index (χ1n) is 8.57. The van der Waals surface area contributed by atoms with Crippen LogP contribution >= 0.6 is 0 Å². The number of aryl methyl sites for hydroxylation is 2. The fourth-order valence-electron chi connectivity index (χ4n) is 3.97. The van der Waals surface area contributed by atoms with E-state index >= 15 is 0 Å². The minimum absolute atomic E-state index is 0.108. The van der Waals surface area contributed by atoms with Crippen molar-refractivity contribution >= 4 is 10.9 Å². The second-order valence-electron chi connectivity index (χ2n) is 6.89. The lowest BCUT2D eigenvalue weighted by Gasteiger charge is -2.21. The molecule has 0 atom stereocenters. The number of aromatic nitrogens is 1. The molecular formula is C21H21F2N. The summed E-state index contributed by atoms with van der Waals surface area (Å²) in [6.45, 7) is 2.85. The summed E-state index contributed by atoms with van der Waals surface area (Å²) < 4.78 is 30.7. The van der Waals surface area contributed by atoms with Crippen LogP contribution in [0.5, 0.6) is 0 Å². The molecule has 0 unspecified atom stereocenters. The SMILES string of the molecule is Cc1ccc(-n2c3c(c4ccccc42)CCCC3)c(C(C)(F)F)c1. The Balaban J connectivity index is 2.09. The zero-order chi connectivity index (χ0) is 16.9. The lowest BCUT2D eigenvalue weighted by Crippen LogP contribution is -2.15. The predicted octanol–water partition coefficient (Wildman–Crippen LogP) is 5.93. The molecule has 24 heavy (non-hydrogen) atoms. The third kappa shape index (κ3) is 2.34. The number of benzene rings is 2. The summed E-state index contributed by atoms with van der Waals surface area (Å²) in [5, 5.41) is 1.21. The highest BCUT2D eigenvalue weighted by Gasteiger charge is 2.30. The first-order chi connectivity index (χ1) is 11.5. The molecule has 1 aliphatic rings. The third-order valence-electron chi connectivity index (χ3n) is 5.04. The molecule has 1 nitrogen and oxygen atoms in total. The van der Waals surface area contributed by atoms with Crippen molar-refractivity contribution in [2.24, 2.45) is 0 Å². The smallest absolute Gasteiger partial charge is 0.272 e. The predicted molar refractivity (Wildman–Crippen MR) is 94.2 cm³/mol. The highest BCUT2D eigenvalue weighted by atomic mass is 19.3. The number of alkyl halides is 2. The molecule has 3 aromatic rings. The molecule has 1 heterocycles. The van der Waals surface area contributed by atoms with E-state index in [1.54, 1.807) is 6.07 Å². The summed E-state index contributed by atoms with van der Waals surface area (Å²) in [7, 11) is 0. The van der Waals surface area contributed by atoms with Crippen molar-refractivity contribution in [1.82, 2.24) is 4.57 Å². The summed E-state index contributed by atoms with van der Waals surface area (Å²) in [5.74, 6) is -2.87. The Kier molecular flexibility index (Phi) is 3.48. The molecule has 1 aromatic heterocycles. The molecular weight excluding hydrogens is 304 g/mol. The number of rotatable bonds is 2. The molecule has 0 fully saturated rings. The van der Waals surface area contributed by atoms with Gasteiger partial charge in [0.25, 0.3) is 5.92 Å². The summed E-state index contributed by atoms with van der Waals surface area (Å²) in [4.78, 5) is 0. The van der Waals surface area contributed by atoms with Crippen LogP contribution in [-0.4, -0.2) is 4.57 Å². The summed E-state index contributed by atoms with van der Waals surface area (Å²) in [5.41, 5.74) is 5.17. The van der Waals surface area contributed by atoms with Gasteiger partial charge in [-0.3, -0.25) is 0 Å². The maximum absolute atomic E-state index is 14.3. The second kappa shape index (κ2) is 5.44. The van der Waals surface area contributed by atoms with Crippen LogP contribution in [0.3, 0.4) is 0 Å². The fraction of sp³-hybridized carbons (Fsp3) is 0.333. The molecule has 0 saturated carbocycles. The molecule has 4 rings (SSSR count). The standard InChI is InChI=1S/C21H21F2N/c1-14-11-12-20(17(13-14)21(2,22)23)24-18-9-5-3-7-15(18)16-8-4-6-10-19(16)24/h3,5,7,9,11-13H,4,6,8,10H2,1-2H3. The van der Waals surface area contributed by atoms with Crippen molar-refractivity contribution in [3.05, 3.63) is 64.8 Å². The molecule has 1 aliphatic carbocycles. The Bertz CT molecular complexity index is 915. The first kappa shape index (κ1) is 15.4. The quantitative estimate of drug-likeness (QED) is 0.550. The van der Waals surface area contributed by atoms with Crippen molar-refractivity contribution < 1.29 is 8.78 Å².